The Hall–Kier alpha value is -0.970. The van der Waals surface area contributed by atoms with Crippen molar-refractivity contribution < 1.29 is 4.79 Å². The van der Waals surface area contributed by atoms with Crippen LogP contribution in [0.2, 0.25) is 0 Å². The van der Waals surface area contributed by atoms with Gasteiger partial charge in [-0.25, -0.2) is 0 Å². The van der Waals surface area contributed by atoms with Gasteiger partial charge in [-0.2, -0.15) is 0 Å². The molecule has 0 saturated heterocycles. The first kappa shape index (κ1) is 14.4. The number of hydrogen-bond acceptors (Lipinski definition) is 3. The summed E-state index contributed by atoms with van der Waals surface area (Å²) in [5.41, 5.74) is 1.19. The van der Waals surface area contributed by atoms with Crippen LogP contribution in [0, 0.1) is 6.92 Å². The fourth-order valence-electron chi connectivity index (χ4n) is 1.88. The molecule has 2 rings (SSSR count). The minimum Gasteiger partial charge on any atom is -0.295 e. The van der Waals surface area contributed by atoms with Gasteiger partial charge in [0.2, 0.25) is 0 Å². The lowest BCUT2D eigenvalue weighted by Gasteiger charge is -2.16. The molecule has 0 radical (unpaired) electrons. The van der Waals surface area contributed by atoms with Crippen molar-refractivity contribution in [3.8, 4) is 0 Å². The van der Waals surface area contributed by atoms with Crippen molar-refractivity contribution in [2.45, 2.75) is 13.5 Å². The Bertz CT molecular complexity index is 579. The molecular weight excluding hydrogens is 322 g/mol. The number of nitrogens with zero attached hydrogens (tertiary/aromatic N) is 1. The lowest BCUT2D eigenvalue weighted by molar-refractivity contribution is 0.0947. The van der Waals surface area contributed by atoms with Crippen LogP contribution in [0.25, 0.3) is 0 Å². The molecule has 4 heteroatoms. The smallest absolute Gasteiger partial charge is 0.186 e. The van der Waals surface area contributed by atoms with E-state index in [1.54, 1.807) is 11.3 Å². The van der Waals surface area contributed by atoms with Crippen LogP contribution in [0.4, 0.5) is 0 Å². The van der Waals surface area contributed by atoms with Gasteiger partial charge in [-0.15, -0.1) is 11.3 Å². The Balaban J connectivity index is 1.96. The van der Waals surface area contributed by atoms with E-state index in [2.05, 4.69) is 22.0 Å². The van der Waals surface area contributed by atoms with Crippen LogP contribution in [0.15, 0.2) is 40.9 Å². The largest absolute Gasteiger partial charge is 0.295 e. The molecule has 0 bridgehead atoms. The number of carbonyl (C=O) groups is 1. The van der Waals surface area contributed by atoms with Gasteiger partial charge >= 0.3 is 0 Å². The Kier molecular flexibility index (Phi) is 4.91. The summed E-state index contributed by atoms with van der Waals surface area (Å²) in [5.74, 6) is 0.188. The highest BCUT2D eigenvalue weighted by Crippen LogP contribution is 2.19. The molecule has 0 unspecified atom stereocenters. The summed E-state index contributed by atoms with van der Waals surface area (Å²) >= 11 is 5.09. The minimum absolute atomic E-state index is 0.188. The van der Waals surface area contributed by atoms with Gasteiger partial charge in [-0.3, -0.25) is 9.69 Å². The second-order valence-electron chi connectivity index (χ2n) is 4.60. The van der Waals surface area contributed by atoms with Gasteiger partial charge < -0.3 is 0 Å². The van der Waals surface area contributed by atoms with E-state index in [1.165, 1.54) is 10.4 Å². The average Bonchev–Trinajstić information content (AvgIpc) is 2.79. The molecule has 2 aromatic rings. The van der Waals surface area contributed by atoms with Crippen molar-refractivity contribution in [2.24, 2.45) is 0 Å². The number of aryl methyl sites for hydroxylation is 1. The first-order valence-electron chi connectivity index (χ1n) is 6.08. The highest BCUT2D eigenvalue weighted by Gasteiger charge is 2.12. The molecular formula is C15H16BrNOS. The van der Waals surface area contributed by atoms with Gasteiger partial charge in [0, 0.05) is 15.9 Å². The summed E-state index contributed by atoms with van der Waals surface area (Å²) in [6, 6.07) is 12.0. The van der Waals surface area contributed by atoms with Crippen molar-refractivity contribution >= 4 is 33.0 Å². The Labute approximate surface area is 126 Å². The third kappa shape index (κ3) is 4.00. The molecule has 0 aliphatic carbocycles. The third-order valence-corrected chi connectivity index (χ3v) is 4.64. The van der Waals surface area contributed by atoms with Gasteiger partial charge in [0.25, 0.3) is 0 Å². The predicted octanol–water partition coefficient (Wildman–Crippen LogP) is 4.13. The molecule has 0 aliphatic rings. The zero-order valence-electron chi connectivity index (χ0n) is 11.0. The normalized spacial score (nSPS) is 10.9. The monoisotopic (exact) mass is 337 g/mol. The molecule has 0 fully saturated rings. The fraction of sp³-hybridized carbons (Fsp3) is 0.267. The summed E-state index contributed by atoms with van der Waals surface area (Å²) in [6.07, 6.45) is 0. The van der Waals surface area contributed by atoms with Crippen LogP contribution < -0.4 is 0 Å². The number of likely N-dealkylation sites (N-methyl/N-ethyl adjacent to an activating group) is 1. The standard InChI is InChI=1S/C15H16BrNOS/c1-11-7-8-15(19-11)14(18)10-17(2)9-12-5-3-4-6-13(12)16/h3-8H,9-10H2,1-2H3. The molecule has 19 heavy (non-hydrogen) atoms. The molecule has 0 aliphatic heterocycles. The second-order valence-corrected chi connectivity index (χ2v) is 6.74. The first-order chi connectivity index (χ1) is 9.06. The molecule has 0 atom stereocenters. The number of Topliss-reactive ketones (excluding diaryl/α,β-unsaturated/α-hetero) is 1. The minimum atomic E-state index is 0.188. The molecule has 2 nitrogen and oxygen atoms in total. The molecule has 0 N–H and O–H groups in total. The third-order valence-electron chi connectivity index (χ3n) is 2.83. The molecule has 100 valence electrons. The number of ketones is 1. The number of thiophene rings is 1. The van der Waals surface area contributed by atoms with E-state index in [-0.39, 0.29) is 5.78 Å². The second kappa shape index (κ2) is 6.46. The number of halogens is 1. The molecule has 1 heterocycles. The Morgan fingerprint density at radius 1 is 1.26 bits per heavy atom. The average molecular weight is 338 g/mol. The maximum absolute atomic E-state index is 12.1. The number of carbonyl (C=O) groups excluding carboxylic acids is 1. The molecule has 1 aromatic heterocycles. The van der Waals surface area contributed by atoms with Crippen LogP contribution in [0.3, 0.4) is 0 Å². The van der Waals surface area contributed by atoms with Crippen LogP contribution in [-0.4, -0.2) is 24.3 Å². The van der Waals surface area contributed by atoms with Crippen LogP contribution >= 0.6 is 27.3 Å². The highest BCUT2D eigenvalue weighted by atomic mass is 79.9. The maximum atomic E-state index is 12.1. The topological polar surface area (TPSA) is 20.3 Å². The van der Waals surface area contributed by atoms with Gasteiger partial charge in [-0.05, 0) is 37.7 Å². The molecule has 1 aromatic carbocycles. The van der Waals surface area contributed by atoms with Crippen molar-refractivity contribution in [3.63, 3.8) is 0 Å². The Morgan fingerprint density at radius 2 is 2.00 bits per heavy atom. The summed E-state index contributed by atoms with van der Waals surface area (Å²) in [5, 5.41) is 0. The summed E-state index contributed by atoms with van der Waals surface area (Å²) in [6.45, 7) is 3.23. The summed E-state index contributed by atoms with van der Waals surface area (Å²) in [7, 11) is 1.97. The molecule has 0 spiro atoms. The molecule has 0 saturated carbocycles. The number of benzene rings is 1. The number of hydrogen-bond donors (Lipinski definition) is 0. The van der Waals surface area contributed by atoms with E-state index in [4.69, 9.17) is 0 Å². The van der Waals surface area contributed by atoms with Gasteiger partial charge in [0.05, 0.1) is 11.4 Å². The van der Waals surface area contributed by atoms with E-state index in [0.717, 1.165) is 15.9 Å². The van der Waals surface area contributed by atoms with Crippen LogP contribution in [-0.2, 0) is 6.54 Å². The predicted molar refractivity (Wildman–Crippen MR) is 83.9 cm³/mol. The lowest BCUT2D eigenvalue weighted by atomic mass is 10.2. The van der Waals surface area contributed by atoms with Crippen molar-refractivity contribution in [1.82, 2.24) is 4.90 Å². The van der Waals surface area contributed by atoms with Gasteiger partial charge in [0.15, 0.2) is 5.78 Å². The molecule has 0 amide bonds. The summed E-state index contributed by atoms with van der Waals surface area (Å²) in [4.78, 5) is 16.2. The van der Waals surface area contributed by atoms with Crippen LogP contribution in [0.1, 0.15) is 20.1 Å². The first-order valence-corrected chi connectivity index (χ1v) is 7.69. The van der Waals surface area contributed by atoms with E-state index in [9.17, 15) is 4.79 Å². The van der Waals surface area contributed by atoms with Gasteiger partial charge in [-0.1, -0.05) is 34.1 Å². The maximum Gasteiger partial charge on any atom is 0.186 e. The van der Waals surface area contributed by atoms with Crippen molar-refractivity contribution in [2.75, 3.05) is 13.6 Å². The van der Waals surface area contributed by atoms with E-state index in [1.807, 2.05) is 49.2 Å². The van der Waals surface area contributed by atoms with E-state index < -0.39 is 0 Å². The Morgan fingerprint density at radius 3 is 2.63 bits per heavy atom. The SMILES string of the molecule is Cc1ccc(C(=O)CN(C)Cc2ccccc2Br)s1. The van der Waals surface area contributed by atoms with Crippen molar-refractivity contribution in [1.29, 1.82) is 0 Å². The number of rotatable bonds is 5. The van der Waals surface area contributed by atoms with Gasteiger partial charge in [0.1, 0.15) is 0 Å². The van der Waals surface area contributed by atoms with Crippen molar-refractivity contribution in [3.05, 3.63) is 56.2 Å². The highest BCUT2D eigenvalue weighted by molar-refractivity contribution is 9.10. The fourth-order valence-corrected chi connectivity index (χ4v) is 3.09. The summed E-state index contributed by atoms with van der Waals surface area (Å²) < 4.78 is 1.08. The van der Waals surface area contributed by atoms with E-state index >= 15 is 0 Å². The quantitative estimate of drug-likeness (QED) is 0.764. The van der Waals surface area contributed by atoms with E-state index in [0.29, 0.717) is 6.54 Å². The lowest BCUT2D eigenvalue weighted by Crippen LogP contribution is -2.25. The zero-order valence-corrected chi connectivity index (χ0v) is 13.4. The van der Waals surface area contributed by atoms with Crippen LogP contribution in [0.5, 0.6) is 0 Å². The zero-order chi connectivity index (χ0) is 13.8.